The number of hydrogen-bond acceptors (Lipinski definition) is 3. The molecule has 2 aliphatic heterocycles. The lowest BCUT2D eigenvalue weighted by molar-refractivity contribution is -0.135. The van der Waals surface area contributed by atoms with Crippen molar-refractivity contribution < 1.29 is 4.79 Å². The fourth-order valence-corrected chi connectivity index (χ4v) is 3.47. The summed E-state index contributed by atoms with van der Waals surface area (Å²) < 4.78 is 0. The average Bonchev–Trinajstić information content (AvgIpc) is 2.47. The monoisotopic (exact) mass is 295 g/mol. The highest BCUT2D eigenvalue weighted by molar-refractivity contribution is 5.82. The first kappa shape index (κ1) is 16.8. The highest BCUT2D eigenvalue weighted by atomic mass is 16.2. The van der Waals surface area contributed by atoms with Crippen molar-refractivity contribution in [2.45, 2.75) is 58.5 Å². The largest absolute Gasteiger partial charge is 0.341 e. The Hall–Kier alpha value is -0.610. The van der Waals surface area contributed by atoms with Crippen molar-refractivity contribution in [3.63, 3.8) is 0 Å². The first-order chi connectivity index (χ1) is 9.97. The summed E-state index contributed by atoms with van der Waals surface area (Å²) in [4.78, 5) is 17.1. The summed E-state index contributed by atoms with van der Waals surface area (Å²) in [5, 5.41) is 3.41. The van der Waals surface area contributed by atoms with E-state index >= 15 is 0 Å². The Bertz CT molecular complexity index is 337. The molecule has 2 saturated heterocycles. The number of rotatable bonds is 4. The van der Waals surface area contributed by atoms with Crippen molar-refractivity contribution in [1.29, 1.82) is 0 Å². The summed E-state index contributed by atoms with van der Waals surface area (Å²) in [5.41, 5.74) is 0. The fourth-order valence-electron chi connectivity index (χ4n) is 3.47. The summed E-state index contributed by atoms with van der Waals surface area (Å²) in [7, 11) is 2.20. The summed E-state index contributed by atoms with van der Waals surface area (Å²) in [6.45, 7) is 10.8. The van der Waals surface area contributed by atoms with Gasteiger partial charge in [-0.1, -0.05) is 6.92 Å². The van der Waals surface area contributed by atoms with Crippen LogP contribution in [-0.2, 0) is 4.79 Å². The van der Waals surface area contributed by atoms with E-state index in [9.17, 15) is 4.79 Å². The molecule has 0 radical (unpaired) electrons. The molecule has 122 valence electrons. The van der Waals surface area contributed by atoms with E-state index in [1.54, 1.807) is 0 Å². The predicted octanol–water partition coefficient (Wildman–Crippen LogP) is 1.95. The summed E-state index contributed by atoms with van der Waals surface area (Å²) >= 11 is 0. The molecule has 0 aliphatic carbocycles. The van der Waals surface area contributed by atoms with E-state index in [0.717, 1.165) is 44.8 Å². The van der Waals surface area contributed by atoms with Crippen molar-refractivity contribution in [3.8, 4) is 0 Å². The average molecular weight is 295 g/mol. The molecule has 4 heteroatoms. The van der Waals surface area contributed by atoms with Crippen molar-refractivity contribution in [2.24, 2.45) is 11.8 Å². The standard InChI is InChI=1S/C17H33N3O/c1-13(2)19(4)12-15-6-9-20(10-7-15)17(21)16-11-14(3)5-8-18-16/h13-16,18H,5-12H2,1-4H3. The number of nitrogens with one attached hydrogen (secondary N) is 1. The van der Waals surface area contributed by atoms with Gasteiger partial charge in [-0.05, 0) is 65.0 Å². The Balaban J connectivity index is 1.76. The third kappa shape index (κ3) is 4.68. The van der Waals surface area contributed by atoms with Crippen LogP contribution in [0.2, 0.25) is 0 Å². The molecule has 1 amide bonds. The maximum Gasteiger partial charge on any atom is 0.239 e. The Labute approximate surface area is 130 Å². The Morgan fingerprint density at radius 2 is 1.95 bits per heavy atom. The van der Waals surface area contributed by atoms with Gasteiger partial charge in [0.25, 0.3) is 0 Å². The van der Waals surface area contributed by atoms with Crippen LogP contribution in [0, 0.1) is 11.8 Å². The maximum atomic E-state index is 12.6. The second kappa shape index (κ2) is 7.59. The first-order valence-electron chi connectivity index (χ1n) is 8.69. The zero-order valence-corrected chi connectivity index (χ0v) is 14.3. The molecule has 2 unspecified atom stereocenters. The lowest BCUT2D eigenvalue weighted by Gasteiger charge is -2.38. The molecule has 0 aromatic rings. The van der Waals surface area contributed by atoms with Crippen molar-refractivity contribution in [3.05, 3.63) is 0 Å². The van der Waals surface area contributed by atoms with E-state index in [4.69, 9.17) is 0 Å². The molecule has 2 heterocycles. The highest BCUT2D eigenvalue weighted by Gasteiger charge is 2.31. The van der Waals surface area contributed by atoms with Gasteiger partial charge >= 0.3 is 0 Å². The zero-order valence-electron chi connectivity index (χ0n) is 14.3. The van der Waals surface area contributed by atoms with Crippen molar-refractivity contribution >= 4 is 5.91 Å². The topological polar surface area (TPSA) is 35.6 Å². The van der Waals surface area contributed by atoms with Gasteiger partial charge in [0, 0.05) is 25.7 Å². The van der Waals surface area contributed by atoms with Gasteiger partial charge in [-0.25, -0.2) is 0 Å². The third-order valence-electron chi connectivity index (χ3n) is 5.32. The molecule has 2 atom stereocenters. The minimum absolute atomic E-state index is 0.0728. The molecular weight excluding hydrogens is 262 g/mol. The summed E-state index contributed by atoms with van der Waals surface area (Å²) in [6.07, 6.45) is 4.53. The van der Waals surface area contributed by atoms with Crippen LogP contribution in [0.5, 0.6) is 0 Å². The predicted molar refractivity (Wildman–Crippen MR) is 87.3 cm³/mol. The van der Waals surface area contributed by atoms with Gasteiger partial charge in [0.15, 0.2) is 0 Å². The van der Waals surface area contributed by atoms with Gasteiger partial charge < -0.3 is 15.1 Å². The Kier molecular flexibility index (Phi) is 6.06. The smallest absolute Gasteiger partial charge is 0.239 e. The van der Waals surface area contributed by atoms with Crippen LogP contribution in [0.15, 0.2) is 0 Å². The first-order valence-corrected chi connectivity index (χ1v) is 8.69. The van der Waals surface area contributed by atoms with E-state index < -0.39 is 0 Å². The van der Waals surface area contributed by atoms with Crippen LogP contribution >= 0.6 is 0 Å². The second-order valence-corrected chi connectivity index (χ2v) is 7.44. The van der Waals surface area contributed by atoms with Gasteiger partial charge in [-0.3, -0.25) is 4.79 Å². The van der Waals surface area contributed by atoms with Crippen LogP contribution in [0.4, 0.5) is 0 Å². The van der Waals surface area contributed by atoms with Crippen molar-refractivity contribution in [2.75, 3.05) is 33.2 Å². The Morgan fingerprint density at radius 3 is 2.52 bits per heavy atom. The quantitative estimate of drug-likeness (QED) is 0.861. The van der Waals surface area contributed by atoms with Gasteiger partial charge in [0.1, 0.15) is 0 Å². The lowest BCUT2D eigenvalue weighted by atomic mass is 9.91. The molecule has 0 bridgehead atoms. The minimum Gasteiger partial charge on any atom is -0.341 e. The number of carbonyl (C=O) groups excluding carboxylic acids is 1. The highest BCUT2D eigenvalue weighted by Crippen LogP contribution is 2.22. The van der Waals surface area contributed by atoms with E-state index in [1.165, 1.54) is 13.0 Å². The maximum absolute atomic E-state index is 12.6. The molecule has 2 aliphatic rings. The summed E-state index contributed by atoms with van der Waals surface area (Å²) in [5.74, 6) is 1.77. The van der Waals surface area contributed by atoms with Gasteiger partial charge in [0.05, 0.1) is 6.04 Å². The van der Waals surface area contributed by atoms with Crippen LogP contribution in [0.25, 0.3) is 0 Å². The third-order valence-corrected chi connectivity index (χ3v) is 5.32. The summed E-state index contributed by atoms with van der Waals surface area (Å²) in [6, 6.07) is 0.682. The number of nitrogens with zero attached hydrogens (tertiary/aromatic N) is 2. The van der Waals surface area contributed by atoms with Crippen molar-refractivity contribution in [1.82, 2.24) is 15.1 Å². The molecule has 1 N–H and O–H groups in total. The fraction of sp³-hybridized carbons (Fsp3) is 0.941. The number of hydrogen-bond donors (Lipinski definition) is 1. The molecule has 2 rings (SSSR count). The SMILES string of the molecule is CC1CCNC(C(=O)N2CCC(CN(C)C(C)C)CC2)C1. The zero-order chi connectivity index (χ0) is 15.4. The minimum atomic E-state index is 0.0728. The van der Waals surface area contributed by atoms with Gasteiger partial charge in [-0.2, -0.15) is 0 Å². The molecule has 21 heavy (non-hydrogen) atoms. The van der Waals surface area contributed by atoms with Crippen LogP contribution in [-0.4, -0.2) is 61.0 Å². The molecule has 0 spiro atoms. The molecule has 0 aromatic heterocycles. The van der Waals surface area contributed by atoms with E-state index in [-0.39, 0.29) is 6.04 Å². The Morgan fingerprint density at radius 1 is 1.29 bits per heavy atom. The van der Waals surface area contributed by atoms with E-state index in [1.807, 2.05) is 0 Å². The van der Waals surface area contributed by atoms with Crippen LogP contribution < -0.4 is 5.32 Å². The van der Waals surface area contributed by atoms with E-state index in [2.05, 4.69) is 42.9 Å². The van der Waals surface area contributed by atoms with Crippen LogP contribution in [0.1, 0.15) is 46.5 Å². The number of amides is 1. The van der Waals surface area contributed by atoms with Crippen LogP contribution in [0.3, 0.4) is 0 Å². The lowest BCUT2D eigenvalue weighted by Crippen LogP contribution is -2.52. The molecule has 0 saturated carbocycles. The molecule has 0 aromatic carbocycles. The van der Waals surface area contributed by atoms with Gasteiger partial charge in [-0.15, -0.1) is 0 Å². The number of piperidine rings is 2. The van der Waals surface area contributed by atoms with E-state index in [0.29, 0.717) is 17.9 Å². The number of carbonyl (C=O) groups is 1. The molecular formula is C17H33N3O. The molecule has 4 nitrogen and oxygen atoms in total. The normalized spacial score (nSPS) is 28.4. The number of likely N-dealkylation sites (tertiary alicyclic amines) is 1. The second-order valence-electron chi connectivity index (χ2n) is 7.44. The molecule has 2 fully saturated rings. The van der Waals surface area contributed by atoms with Gasteiger partial charge in [0.2, 0.25) is 5.91 Å².